The number of hydrogen-bond donors (Lipinski definition) is 2. The fourth-order valence-corrected chi connectivity index (χ4v) is 2.56. The van der Waals surface area contributed by atoms with Gasteiger partial charge in [0, 0.05) is 18.6 Å². The second-order valence-corrected chi connectivity index (χ2v) is 4.81. The summed E-state index contributed by atoms with van der Waals surface area (Å²) in [6.07, 6.45) is 6.98. The normalized spacial score (nSPS) is 37.9. The molecule has 14 heavy (non-hydrogen) atoms. The molecule has 1 aliphatic heterocycles. The molecule has 2 rings (SSSR count). The van der Waals surface area contributed by atoms with E-state index in [-0.39, 0.29) is 12.4 Å². The average Bonchev–Trinajstić information content (AvgIpc) is 2.62. The number of nitrogens with one attached hydrogen (secondary N) is 2. The first-order valence-electron chi connectivity index (χ1n) is 5.81. The van der Waals surface area contributed by atoms with E-state index in [2.05, 4.69) is 17.6 Å². The fourth-order valence-electron chi connectivity index (χ4n) is 2.56. The Hall–Kier alpha value is 0.210. The maximum Gasteiger partial charge on any atom is 0.0207 e. The summed E-state index contributed by atoms with van der Waals surface area (Å²) in [6.45, 7) is 4.78. The molecule has 1 atom stereocenters. The van der Waals surface area contributed by atoms with Gasteiger partial charge in [-0.15, -0.1) is 12.4 Å². The molecule has 0 radical (unpaired) electrons. The van der Waals surface area contributed by atoms with Crippen molar-refractivity contribution in [3.8, 4) is 0 Å². The van der Waals surface area contributed by atoms with Gasteiger partial charge in [-0.2, -0.15) is 0 Å². The zero-order chi connectivity index (χ0) is 9.10. The summed E-state index contributed by atoms with van der Waals surface area (Å²) < 4.78 is 0. The quantitative estimate of drug-likeness (QED) is 0.741. The Labute approximate surface area is 93.6 Å². The Morgan fingerprint density at radius 2 is 1.71 bits per heavy atom. The zero-order valence-electron chi connectivity index (χ0n) is 9.09. The van der Waals surface area contributed by atoms with Crippen LogP contribution in [0.4, 0.5) is 0 Å². The highest BCUT2D eigenvalue weighted by molar-refractivity contribution is 5.85. The smallest absolute Gasteiger partial charge is 0.0207 e. The molecule has 2 N–H and O–H groups in total. The van der Waals surface area contributed by atoms with Crippen molar-refractivity contribution < 1.29 is 0 Å². The highest BCUT2D eigenvalue weighted by Crippen LogP contribution is 2.23. The Balaban J connectivity index is 0.000000980. The first-order chi connectivity index (χ1) is 6.34. The molecule has 0 aromatic rings. The summed E-state index contributed by atoms with van der Waals surface area (Å²) in [6, 6.07) is 1.58. The lowest BCUT2D eigenvalue weighted by atomic mass is 9.87. The van der Waals surface area contributed by atoms with Gasteiger partial charge in [0.25, 0.3) is 0 Å². The third kappa shape index (κ3) is 3.41. The van der Waals surface area contributed by atoms with E-state index in [1.165, 1.54) is 45.2 Å². The van der Waals surface area contributed by atoms with Crippen LogP contribution in [0.25, 0.3) is 0 Å². The van der Waals surface area contributed by atoms with Crippen LogP contribution in [0, 0.1) is 5.92 Å². The molecule has 1 saturated heterocycles. The summed E-state index contributed by atoms with van der Waals surface area (Å²) >= 11 is 0. The molecular formula is C11H23ClN2. The van der Waals surface area contributed by atoms with Gasteiger partial charge < -0.3 is 10.6 Å². The second-order valence-electron chi connectivity index (χ2n) is 4.81. The number of rotatable bonds is 2. The van der Waals surface area contributed by atoms with E-state index in [1.807, 2.05) is 0 Å². The Morgan fingerprint density at radius 3 is 2.29 bits per heavy atom. The van der Waals surface area contributed by atoms with Gasteiger partial charge in [0.15, 0.2) is 0 Å². The van der Waals surface area contributed by atoms with Gasteiger partial charge in [-0.1, -0.05) is 6.92 Å². The van der Waals surface area contributed by atoms with Crippen LogP contribution in [0.5, 0.6) is 0 Å². The maximum absolute atomic E-state index is 3.78. The summed E-state index contributed by atoms with van der Waals surface area (Å²) in [5, 5.41) is 7.18. The van der Waals surface area contributed by atoms with Gasteiger partial charge >= 0.3 is 0 Å². The summed E-state index contributed by atoms with van der Waals surface area (Å²) in [7, 11) is 0. The third-order valence-corrected chi connectivity index (χ3v) is 3.55. The predicted molar refractivity (Wildman–Crippen MR) is 63.1 cm³/mol. The highest BCUT2D eigenvalue weighted by Gasteiger charge is 2.22. The molecule has 2 nitrogen and oxygen atoms in total. The van der Waals surface area contributed by atoms with Crippen LogP contribution in [0.3, 0.4) is 0 Å². The van der Waals surface area contributed by atoms with Gasteiger partial charge in [-0.25, -0.2) is 0 Å². The van der Waals surface area contributed by atoms with Crippen molar-refractivity contribution in [2.45, 2.75) is 51.1 Å². The van der Waals surface area contributed by atoms with E-state index in [4.69, 9.17) is 0 Å². The van der Waals surface area contributed by atoms with Gasteiger partial charge in [0.1, 0.15) is 0 Å². The van der Waals surface area contributed by atoms with Crippen LogP contribution in [0.15, 0.2) is 0 Å². The van der Waals surface area contributed by atoms with Gasteiger partial charge in [0.05, 0.1) is 0 Å². The Kier molecular flexibility index (Phi) is 5.21. The second kappa shape index (κ2) is 5.94. The molecule has 3 heteroatoms. The topological polar surface area (TPSA) is 24.1 Å². The van der Waals surface area contributed by atoms with Crippen molar-refractivity contribution in [2.75, 3.05) is 13.1 Å². The molecule has 84 valence electrons. The van der Waals surface area contributed by atoms with Crippen molar-refractivity contribution in [3.05, 3.63) is 0 Å². The summed E-state index contributed by atoms with van der Waals surface area (Å²) in [4.78, 5) is 0. The van der Waals surface area contributed by atoms with E-state index in [1.54, 1.807) is 0 Å². The van der Waals surface area contributed by atoms with Crippen LogP contribution in [-0.2, 0) is 0 Å². The van der Waals surface area contributed by atoms with Crippen LogP contribution in [-0.4, -0.2) is 25.2 Å². The Bertz CT molecular complexity index is 149. The predicted octanol–water partition coefficient (Wildman–Crippen LogP) is 1.94. The maximum atomic E-state index is 3.78. The molecular weight excluding hydrogens is 196 g/mol. The number of halogens is 1. The lowest BCUT2D eigenvalue weighted by Gasteiger charge is -2.29. The van der Waals surface area contributed by atoms with Crippen LogP contribution >= 0.6 is 12.4 Å². The van der Waals surface area contributed by atoms with E-state index < -0.39 is 0 Å². The van der Waals surface area contributed by atoms with Crippen molar-refractivity contribution in [1.29, 1.82) is 0 Å². The average molecular weight is 219 g/mol. The van der Waals surface area contributed by atoms with Crippen LogP contribution < -0.4 is 10.6 Å². The van der Waals surface area contributed by atoms with E-state index in [0.29, 0.717) is 0 Å². The molecule has 2 fully saturated rings. The zero-order valence-corrected chi connectivity index (χ0v) is 9.91. The van der Waals surface area contributed by atoms with Crippen molar-refractivity contribution in [1.82, 2.24) is 10.6 Å². The minimum absolute atomic E-state index is 0. The largest absolute Gasteiger partial charge is 0.315 e. The first-order valence-corrected chi connectivity index (χ1v) is 5.81. The third-order valence-electron chi connectivity index (χ3n) is 3.55. The molecule has 0 aromatic carbocycles. The molecule has 1 unspecified atom stereocenters. The molecule has 2 aliphatic rings. The van der Waals surface area contributed by atoms with E-state index in [0.717, 1.165) is 18.0 Å². The van der Waals surface area contributed by atoms with Crippen molar-refractivity contribution >= 4 is 12.4 Å². The minimum atomic E-state index is 0. The monoisotopic (exact) mass is 218 g/mol. The molecule has 0 spiro atoms. The van der Waals surface area contributed by atoms with Crippen LogP contribution in [0.2, 0.25) is 0 Å². The molecule has 0 aromatic heterocycles. The number of hydrogen-bond acceptors (Lipinski definition) is 2. The Morgan fingerprint density at radius 1 is 1.00 bits per heavy atom. The molecule has 0 amide bonds. The van der Waals surface area contributed by atoms with Gasteiger partial charge in [0.2, 0.25) is 0 Å². The SMILES string of the molecule is C[C@H]1CC[C@@H](NC2CCNC2)CC1.Cl. The molecule has 0 bridgehead atoms. The van der Waals surface area contributed by atoms with Gasteiger partial charge in [-0.3, -0.25) is 0 Å². The summed E-state index contributed by atoms with van der Waals surface area (Å²) in [5.74, 6) is 0.972. The highest BCUT2D eigenvalue weighted by atomic mass is 35.5. The lowest BCUT2D eigenvalue weighted by molar-refractivity contribution is 0.290. The fraction of sp³-hybridized carbons (Fsp3) is 1.00. The van der Waals surface area contributed by atoms with E-state index >= 15 is 0 Å². The summed E-state index contributed by atoms with van der Waals surface area (Å²) in [5.41, 5.74) is 0. The lowest BCUT2D eigenvalue weighted by Crippen LogP contribution is -2.41. The van der Waals surface area contributed by atoms with Crippen molar-refractivity contribution in [2.24, 2.45) is 5.92 Å². The van der Waals surface area contributed by atoms with Crippen molar-refractivity contribution in [3.63, 3.8) is 0 Å². The molecule has 1 heterocycles. The first kappa shape index (κ1) is 12.3. The standard InChI is InChI=1S/C11H22N2.ClH/c1-9-2-4-10(5-3-9)13-11-6-7-12-8-11;/h9-13H,2-8H2,1H3;1H/t9-,10+,11?;. The molecule has 1 saturated carbocycles. The van der Waals surface area contributed by atoms with Gasteiger partial charge in [-0.05, 0) is 44.6 Å². The van der Waals surface area contributed by atoms with Crippen LogP contribution in [0.1, 0.15) is 39.0 Å². The molecule has 1 aliphatic carbocycles. The minimum Gasteiger partial charge on any atom is -0.315 e. The van der Waals surface area contributed by atoms with E-state index in [9.17, 15) is 0 Å².